The second kappa shape index (κ2) is 5.56. The topological polar surface area (TPSA) is 32.3 Å². The number of hydrogen-bond donors (Lipinski definition) is 1. The summed E-state index contributed by atoms with van der Waals surface area (Å²) in [5.74, 6) is -0.462. The van der Waals surface area contributed by atoms with Crippen LogP contribution < -0.4 is 5.32 Å². The first-order valence-electron chi connectivity index (χ1n) is 6.98. The molecule has 1 amide bonds. The maximum atomic E-state index is 13.7. The molecule has 0 bridgehead atoms. The minimum atomic E-state index is -0.276. The largest absolute Gasteiger partial charge is 0.384 e. The van der Waals surface area contributed by atoms with E-state index in [1.165, 1.54) is 6.07 Å². The summed E-state index contributed by atoms with van der Waals surface area (Å²) < 4.78 is 13.7. The fourth-order valence-corrected chi connectivity index (χ4v) is 2.73. The number of carbonyl (C=O) groups is 1. The summed E-state index contributed by atoms with van der Waals surface area (Å²) in [5, 5.41) is 3.24. The Morgan fingerprint density at radius 2 is 1.95 bits per heavy atom. The van der Waals surface area contributed by atoms with Crippen LogP contribution in [0.2, 0.25) is 0 Å². The Bertz CT molecular complexity index is 671. The van der Waals surface area contributed by atoms with Crippen LogP contribution >= 0.6 is 0 Å². The highest BCUT2D eigenvalue weighted by molar-refractivity contribution is 5.88. The molecule has 3 nitrogen and oxygen atoms in total. The zero-order chi connectivity index (χ0) is 14.8. The maximum absolute atomic E-state index is 13.7. The van der Waals surface area contributed by atoms with Crippen LogP contribution in [0.5, 0.6) is 0 Å². The summed E-state index contributed by atoms with van der Waals surface area (Å²) in [7, 11) is 1.72. The summed E-state index contributed by atoms with van der Waals surface area (Å²) in [6, 6.07) is 14.4. The van der Waals surface area contributed by atoms with Gasteiger partial charge in [-0.1, -0.05) is 36.4 Å². The number of amides is 1. The number of benzene rings is 2. The molecule has 0 spiro atoms. The van der Waals surface area contributed by atoms with Crippen LogP contribution in [0.1, 0.15) is 17.0 Å². The van der Waals surface area contributed by atoms with Crippen molar-refractivity contribution in [2.45, 2.75) is 12.5 Å². The Balaban J connectivity index is 1.76. The van der Waals surface area contributed by atoms with Crippen molar-refractivity contribution in [3.63, 3.8) is 0 Å². The van der Waals surface area contributed by atoms with E-state index in [-0.39, 0.29) is 24.2 Å². The van der Waals surface area contributed by atoms with Crippen LogP contribution in [0.15, 0.2) is 48.5 Å². The molecule has 0 saturated carbocycles. The smallest absolute Gasteiger partial charge is 0.232 e. The number of rotatable bonds is 3. The van der Waals surface area contributed by atoms with Crippen molar-refractivity contribution >= 4 is 11.6 Å². The van der Waals surface area contributed by atoms with E-state index in [1.807, 2.05) is 24.3 Å². The molecule has 0 fully saturated rings. The minimum Gasteiger partial charge on any atom is -0.384 e. The third kappa shape index (κ3) is 2.61. The van der Waals surface area contributed by atoms with Gasteiger partial charge in [-0.25, -0.2) is 4.39 Å². The number of nitrogens with one attached hydrogen (secondary N) is 1. The van der Waals surface area contributed by atoms with Crippen molar-refractivity contribution in [1.29, 1.82) is 0 Å². The number of fused-ring (bicyclic) bond motifs is 1. The van der Waals surface area contributed by atoms with Gasteiger partial charge in [0.2, 0.25) is 5.91 Å². The van der Waals surface area contributed by atoms with Gasteiger partial charge in [-0.15, -0.1) is 0 Å². The lowest BCUT2D eigenvalue weighted by Crippen LogP contribution is -2.32. The lowest BCUT2D eigenvalue weighted by Gasteiger charge is -2.21. The first-order chi connectivity index (χ1) is 10.2. The lowest BCUT2D eigenvalue weighted by molar-refractivity contribution is -0.131. The van der Waals surface area contributed by atoms with E-state index < -0.39 is 0 Å². The fraction of sp³-hybridized carbons (Fsp3) is 0.235. The van der Waals surface area contributed by atoms with Crippen LogP contribution in [0.25, 0.3) is 0 Å². The Morgan fingerprint density at radius 3 is 2.76 bits per heavy atom. The van der Waals surface area contributed by atoms with Crippen molar-refractivity contribution in [2.24, 2.45) is 0 Å². The Labute approximate surface area is 123 Å². The molecule has 1 atom stereocenters. The molecule has 108 valence electrons. The fourth-order valence-electron chi connectivity index (χ4n) is 2.73. The quantitative estimate of drug-likeness (QED) is 0.939. The van der Waals surface area contributed by atoms with Gasteiger partial charge in [0.05, 0.1) is 5.92 Å². The van der Waals surface area contributed by atoms with E-state index in [0.29, 0.717) is 12.1 Å². The molecule has 0 aromatic heterocycles. The van der Waals surface area contributed by atoms with E-state index >= 15 is 0 Å². The average Bonchev–Trinajstić information content (AvgIpc) is 2.92. The average molecular weight is 284 g/mol. The number of anilines is 1. The molecule has 2 aromatic carbocycles. The number of nitrogens with zero attached hydrogens (tertiary/aromatic N) is 1. The molecule has 1 aliphatic rings. The molecule has 2 aromatic rings. The molecule has 0 saturated heterocycles. The molecule has 1 heterocycles. The van der Waals surface area contributed by atoms with E-state index in [4.69, 9.17) is 0 Å². The number of carbonyl (C=O) groups excluding carboxylic acids is 1. The number of likely N-dealkylation sites (N-methyl/N-ethyl adjacent to an activating group) is 1. The number of hydrogen-bond acceptors (Lipinski definition) is 2. The Morgan fingerprint density at radius 1 is 1.24 bits per heavy atom. The predicted molar refractivity (Wildman–Crippen MR) is 80.5 cm³/mol. The molecule has 3 rings (SSSR count). The molecular formula is C17H17FN2O. The molecule has 21 heavy (non-hydrogen) atoms. The second-order valence-corrected chi connectivity index (χ2v) is 5.31. The van der Waals surface area contributed by atoms with Gasteiger partial charge in [0, 0.05) is 31.4 Å². The van der Waals surface area contributed by atoms with Crippen LogP contribution in [0, 0.1) is 5.82 Å². The third-order valence-corrected chi connectivity index (χ3v) is 3.87. The molecule has 0 aliphatic carbocycles. The van der Waals surface area contributed by atoms with Gasteiger partial charge < -0.3 is 10.2 Å². The van der Waals surface area contributed by atoms with Crippen LogP contribution in [-0.4, -0.2) is 24.4 Å². The lowest BCUT2D eigenvalue weighted by atomic mass is 10.00. The van der Waals surface area contributed by atoms with Crippen LogP contribution in [0.3, 0.4) is 0 Å². The SMILES string of the molecule is CN(Cc1ccccc1F)C(=O)C1CNc2ccccc21. The highest BCUT2D eigenvalue weighted by Gasteiger charge is 2.30. The van der Waals surface area contributed by atoms with Gasteiger partial charge in [-0.3, -0.25) is 4.79 Å². The standard InChI is InChI=1S/C17H17FN2O/c1-20(11-12-6-2-4-8-15(12)18)17(21)14-10-19-16-9-5-3-7-13(14)16/h2-9,14,19H,10-11H2,1H3. The van der Waals surface area contributed by atoms with Gasteiger partial charge in [-0.2, -0.15) is 0 Å². The summed E-state index contributed by atoms with van der Waals surface area (Å²) >= 11 is 0. The molecule has 0 radical (unpaired) electrons. The van der Waals surface area contributed by atoms with Gasteiger partial charge >= 0.3 is 0 Å². The second-order valence-electron chi connectivity index (χ2n) is 5.31. The highest BCUT2D eigenvalue weighted by Crippen LogP contribution is 2.32. The normalized spacial score (nSPS) is 16.2. The third-order valence-electron chi connectivity index (χ3n) is 3.87. The van der Waals surface area contributed by atoms with Gasteiger partial charge in [0.15, 0.2) is 0 Å². The summed E-state index contributed by atoms with van der Waals surface area (Å²) in [5.41, 5.74) is 2.56. The van der Waals surface area contributed by atoms with Crippen molar-refractivity contribution in [1.82, 2.24) is 4.90 Å². The van der Waals surface area contributed by atoms with E-state index in [0.717, 1.165) is 11.3 Å². The first-order valence-corrected chi connectivity index (χ1v) is 6.98. The van der Waals surface area contributed by atoms with E-state index in [2.05, 4.69) is 5.32 Å². The zero-order valence-electron chi connectivity index (χ0n) is 11.8. The monoisotopic (exact) mass is 284 g/mol. The Hall–Kier alpha value is -2.36. The van der Waals surface area contributed by atoms with Gasteiger partial charge in [-0.05, 0) is 17.7 Å². The van der Waals surface area contributed by atoms with Gasteiger partial charge in [0.1, 0.15) is 5.82 Å². The zero-order valence-corrected chi connectivity index (χ0v) is 11.8. The van der Waals surface area contributed by atoms with E-state index in [9.17, 15) is 9.18 Å². The van der Waals surface area contributed by atoms with Crippen molar-refractivity contribution in [3.05, 3.63) is 65.5 Å². The molecule has 1 unspecified atom stereocenters. The van der Waals surface area contributed by atoms with Crippen LogP contribution in [0.4, 0.5) is 10.1 Å². The predicted octanol–water partition coefficient (Wildman–Crippen LogP) is 2.99. The molecule has 4 heteroatoms. The van der Waals surface area contributed by atoms with E-state index in [1.54, 1.807) is 30.1 Å². The summed E-state index contributed by atoms with van der Waals surface area (Å²) in [6.07, 6.45) is 0. The molecule has 1 aliphatic heterocycles. The first kappa shape index (κ1) is 13.6. The Kier molecular flexibility index (Phi) is 3.60. The number of halogens is 1. The van der Waals surface area contributed by atoms with Crippen molar-refractivity contribution in [3.8, 4) is 0 Å². The summed E-state index contributed by atoms with van der Waals surface area (Å²) in [6.45, 7) is 0.879. The van der Waals surface area contributed by atoms with Crippen LogP contribution in [-0.2, 0) is 11.3 Å². The minimum absolute atomic E-state index is 0.00991. The number of para-hydroxylation sites is 1. The van der Waals surface area contributed by atoms with Gasteiger partial charge in [0.25, 0.3) is 0 Å². The molecular weight excluding hydrogens is 267 g/mol. The highest BCUT2D eigenvalue weighted by atomic mass is 19.1. The van der Waals surface area contributed by atoms with Crippen molar-refractivity contribution < 1.29 is 9.18 Å². The molecule has 1 N–H and O–H groups in total. The maximum Gasteiger partial charge on any atom is 0.232 e. The van der Waals surface area contributed by atoms with Crippen molar-refractivity contribution in [2.75, 3.05) is 18.9 Å². The summed E-state index contributed by atoms with van der Waals surface area (Å²) in [4.78, 5) is 14.2.